The number of carbonyl (C=O) groups excluding carboxylic acids is 1. The van der Waals surface area contributed by atoms with Crippen LogP contribution in [-0.2, 0) is 4.79 Å². The van der Waals surface area contributed by atoms with Gasteiger partial charge in [-0.15, -0.1) is 11.3 Å². The number of nitrogens with zero attached hydrogens (tertiary/aromatic N) is 3. The van der Waals surface area contributed by atoms with Crippen molar-refractivity contribution in [2.45, 2.75) is 13.8 Å². The molecule has 1 aromatic heterocycles. The average Bonchev–Trinajstić information content (AvgIpc) is 3.19. The van der Waals surface area contributed by atoms with Crippen molar-refractivity contribution in [3.8, 4) is 5.75 Å². The number of hydrogen-bond acceptors (Lipinski definition) is 6. The minimum atomic E-state index is -0.0216. The zero-order chi connectivity index (χ0) is 16.9. The van der Waals surface area contributed by atoms with Crippen LogP contribution in [0.4, 0.5) is 5.13 Å². The highest BCUT2D eigenvalue weighted by atomic mass is 32.2. The SMILES string of the molecule is CCOc1ccc(/C=C2\S/C(=N/c3nccs3)N(CC)C2=O)cc1. The van der Waals surface area contributed by atoms with Crippen LogP contribution in [0.25, 0.3) is 6.08 Å². The van der Waals surface area contributed by atoms with Crippen LogP contribution in [0.5, 0.6) is 5.75 Å². The van der Waals surface area contributed by atoms with E-state index in [4.69, 9.17) is 4.74 Å². The molecule has 0 unspecified atom stereocenters. The number of thioether (sulfide) groups is 1. The van der Waals surface area contributed by atoms with Crippen LogP contribution in [0.15, 0.2) is 45.7 Å². The van der Waals surface area contributed by atoms with Crippen LogP contribution in [0.3, 0.4) is 0 Å². The molecular formula is C17H17N3O2S2. The third kappa shape index (κ3) is 3.68. The van der Waals surface area contributed by atoms with Gasteiger partial charge in [-0.05, 0) is 49.4 Å². The zero-order valence-electron chi connectivity index (χ0n) is 13.4. The highest BCUT2D eigenvalue weighted by molar-refractivity contribution is 8.18. The summed E-state index contributed by atoms with van der Waals surface area (Å²) in [7, 11) is 0. The molecular weight excluding hydrogens is 342 g/mol. The molecule has 7 heteroatoms. The number of rotatable bonds is 5. The largest absolute Gasteiger partial charge is 0.494 e. The van der Waals surface area contributed by atoms with E-state index in [2.05, 4.69) is 9.98 Å². The molecule has 1 saturated heterocycles. The lowest BCUT2D eigenvalue weighted by Gasteiger charge is -2.11. The predicted octanol–water partition coefficient (Wildman–Crippen LogP) is 4.17. The number of carbonyl (C=O) groups is 1. The number of likely N-dealkylation sites (N-methyl/N-ethyl adjacent to an activating group) is 1. The van der Waals surface area contributed by atoms with Crippen LogP contribution < -0.4 is 4.74 Å². The van der Waals surface area contributed by atoms with E-state index in [0.717, 1.165) is 11.3 Å². The van der Waals surface area contributed by atoms with E-state index in [1.165, 1.54) is 23.1 Å². The Morgan fingerprint density at radius 2 is 2.08 bits per heavy atom. The maximum atomic E-state index is 12.6. The van der Waals surface area contributed by atoms with Crippen molar-refractivity contribution in [1.82, 2.24) is 9.88 Å². The van der Waals surface area contributed by atoms with Gasteiger partial charge in [0.15, 0.2) is 5.17 Å². The molecule has 0 radical (unpaired) electrons. The Morgan fingerprint density at radius 3 is 2.71 bits per heavy atom. The topological polar surface area (TPSA) is 54.8 Å². The Hall–Kier alpha value is -2.12. The molecule has 3 rings (SSSR count). The number of benzene rings is 1. The Balaban J connectivity index is 1.84. The Kier molecular flexibility index (Phi) is 5.32. The van der Waals surface area contributed by atoms with Crippen LogP contribution in [0.2, 0.25) is 0 Å². The summed E-state index contributed by atoms with van der Waals surface area (Å²) in [5.74, 6) is 0.804. The predicted molar refractivity (Wildman–Crippen MR) is 99.8 cm³/mol. The first-order chi connectivity index (χ1) is 11.7. The molecule has 0 N–H and O–H groups in total. The Bertz CT molecular complexity index is 768. The molecule has 1 fully saturated rings. The highest BCUT2D eigenvalue weighted by Gasteiger charge is 2.32. The van der Waals surface area contributed by atoms with Crippen LogP contribution in [0.1, 0.15) is 19.4 Å². The fourth-order valence-electron chi connectivity index (χ4n) is 2.20. The summed E-state index contributed by atoms with van der Waals surface area (Å²) < 4.78 is 5.44. The van der Waals surface area contributed by atoms with Crippen molar-refractivity contribution in [3.05, 3.63) is 46.3 Å². The van der Waals surface area contributed by atoms with Gasteiger partial charge in [-0.3, -0.25) is 9.69 Å². The quantitative estimate of drug-likeness (QED) is 0.752. The summed E-state index contributed by atoms with van der Waals surface area (Å²) in [4.78, 5) is 23.5. The van der Waals surface area contributed by atoms with E-state index in [1.807, 2.05) is 49.6 Å². The van der Waals surface area contributed by atoms with Gasteiger partial charge in [0.05, 0.1) is 11.5 Å². The van der Waals surface area contributed by atoms with Gasteiger partial charge in [0.25, 0.3) is 5.91 Å². The van der Waals surface area contributed by atoms with E-state index in [0.29, 0.717) is 28.4 Å². The maximum absolute atomic E-state index is 12.6. The summed E-state index contributed by atoms with van der Waals surface area (Å²) in [6, 6.07) is 7.69. The fraction of sp³-hybridized carbons (Fsp3) is 0.235. The lowest BCUT2D eigenvalue weighted by molar-refractivity contribution is -0.122. The van der Waals surface area contributed by atoms with Gasteiger partial charge in [0.1, 0.15) is 5.75 Å². The minimum Gasteiger partial charge on any atom is -0.494 e. The standard InChI is InChI=1S/C17H17N3O2S2/c1-3-20-15(21)14(24-17(20)19-16-18-9-10-23-16)11-12-5-7-13(8-6-12)22-4-2/h5-11H,3-4H2,1-2H3/b14-11-,19-17+. The van der Waals surface area contributed by atoms with Crippen molar-refractivity contribution >= 4 is 45.4 Å². The smallest absolute Gasteiger partial charge is 0.266 e. The van der Waals surface area contributed by atoms with Crippen LogP contribution in [0, 0.1) is 0 Å². The van der Waals surface area contributed by atoms with E-state index in [1.54, 1.807) is 11.1 Å². The molecule has 0 saturated carbocycles. The number of hydrogen-bond donors (Lipinski definition) is 0. The zero-order valence-corrected chi connectivity index (χ0v) is 15.1. The van der Waals surface area contributed by atoms with Crippen molar-refractivity contribution in [2.24, 2.45) is 4.99 Å². The molecule has 1 amide bonds. The van der Waals surface area contributed by atoms with Gasteiger partial charge >= 0.3 is 0 Å². The van der Waals surface area contributed by atoms with Gasteiger partial charge in [-0.1, -0.05) is 12.1 Å². The minimum absolute atomic E-state index is 0.0216. The fourth-order valence-corrected chi connectivity index (χ4v) is 3.81. The molecule has 2 heterocycles. The second kappa shape index (κ2) is 7.63. The lowest BCUT2D eigenvalue weighted by atomic mass is 10.2. The lowest BCUT2D eigenvalue weighted by Crippen LogP contribution is -2.28. The van der Waals surface area contributed by atoms with E-state index >= 15 is 0 Å². The summed E-state index contributed by atoms with van der Waals surface area (Å²) in [6.07, 6.45) is 3.59. The second-order valence-electron chi connectivity index (χ2n) is 4.87. The molecule has 2 aromatic rings. The van der Waals surface area contributed by atoms with Gasteiger partial charge in [0.2, 0.25) is 5.13 Å². The molecule has 0 spiro atoms. The Morgan fingerprint density at radius 1 is 1.29 bits per heavy atom. The van der Waals surface area contributed by atoms with E-state index in [9.17, 15) is 4.79 Å². The van der Waals surface area contributed by atoms with Gasteiger partial charge < -0.3 is 4.74 Å². The molecule has 24 heavy (non-hydrogen) atoms. The number of ether oxygens (including phenoxy) is 1. The molecule has 5 nitrogen and oxygen atoms in total. The highest BCUT2D eigenvalue weighted by Crippen LogP contribution is 2.34. The second-order valence-corrected chi connectivity index (χ2v) is 6.75. The monoisotopic (exact) mass is 359 g/mol. The first-order valence-electron chi connectivity index (χ1n) is 7.63. The third-order valence-electron chi connectivity index (χ3n) is 3.30. The van der Waals surface area contributed by atoms with Crippen molar-refractivity contribution < 1.29 is 9.53 Å². The van der Waals surface area contributed by atoms with Crippen molar-refractivity contribution in [1.29, 1.82) is 0 Å². The molecule has 0 bridgehead atoms. The van der Waals surface area contributed by atoms with Gasteiger partial charge in [-0.2, -0.15) is 4.99 Å². The van der Waals surface area contributed by atoms with Crippen molar-refractivity contribution in [3.63, 3.8) is 0 Å². The summed E-state index contributed by atoms with van der Waals surface area (Å²) in [5, 5.41) is 3.20. The van der Waals surface area contributed by atoms with Crippen LogP contribution >= 0.6 is 23.1 Å². The molecule has 1 aliphatic heterocycles. The van der Waals surface area contributed by atoms with Gasteiger partial charge in [-0.25, -0.2) is 4.98 Å². The molecule has 124 valence electrons. The number of aliphatic imine (C=N–C) groups is 1. The normalized spacial score (nSPS) is 17.9. The number of amides is 1. The first-order valence-corrected chi connectivity index (χ1v) is 9.33. The molecule has 0 atom stereocenters. The summed E-state index contributed by atoms with van der Waals surface area (Å²) >= 11 is 2.83. The number of thiazole rings is 1. The van der Waals surface area contributed by atoms with E-state index in [-0.39, 0.29) is 5.91 Å². The summed E-state index contributed by atoms with van der Waals surface area (Å²) in [5.41, 5.74) is 0.959. The van der Waals surface area contributed by atoms with Gasteiger partial charge in [0, 0.05) is 18.1 Å². The maximum Gasteiger partial charge on any atom is 0.266 e. The Labute approximate surface area is 149 Å². The van der Waals surface area contributed by atoms with Crippen LogP contribution in [-0.4, -0.2) is 34.1 Å². The third-order valence-corrected chi connectivity index (χ3v) is 4.98. The molecule has 0 aliphatic carbocycles. The first kappa shape index (κ1) is 16.7. The summed E-state index contributed by atoms with van der Waals surface area (Å²) in [6.45, 7) is 5.11. The van der Waals surface area contributed by atoms with Crippen molar-refractivity contribution in [2.75, 3.05) is 13.2 Å². The number of aromatic nitrogens is 1. The van der Waals surface area contributed by atoms with E-state index < -0.39 is 0 Å². The molecule has 1 aliphatic rings. The average molecular weight is 359 g/mol. The molecule has 1 aromatic carbocycles. The number of amidine groups is 1.